The van der Waals surface area contributed by atoms with Crippen LogP contribution >= 0.6 is 12.4 Å². The van der Waals surface area contributed by atoms with E-state index in [2.05, 4.69) is 5.32 Å². The van der Waals surface area contributed by atoms with Crippen LogP contribution in [-0.2, 0) is 6.18 Å². The van der Waals surface area contributed by atoms with Gasteiger partial charge in [0.2, 0.25) is 0 Å². The summed E-state index contributed by atoms with van der Waals surface area (Å²) in [5.41, 5.74) is 0.998. The molecular formula is C13H17ClF3N. The average molecular weight is 280 g/mol. The van der Waals surface area contributed by atoms with Crippen LogP contribution in [0.2, 0.25) is 0 Å². The number of nitrogens with one attached hydrogen (secondary N) is 1. The van der Waals surface area contributed by atoms with Crippen molar-refractivity contribution in [1.29, 1.82) is 0 Å². The van der Waals surface area contributed by atoms with Gasteiger partial charge in [0.05, 0.1) is 5.56 Å². The van der Waals surface area contributed by atoms with Gasteiger partial charge in [0.25, 0.3) is 0 Å². The van der Waals surface area contributed by atoms with Crippen molar-refractivity contribution in [1.82, 2.24) is 5.32 Å². The van der Waals surface area contributed by atoms with Gasteiger partial charge in [-0.3, -0.25) is 0 Å². The minimum absolute atomic E-state index is 0. The number of aryl methyl sites for hydroxylation is 1. The van der Waals surface area contributed by atoms with Gasteiger partial charge in [0.1, 0.15) is 0 Å². The molecule has 18 heavy (non-hydrogen) atoms. The highest BCUT2D eigenvalue weighted by Gasteiger charge is 2.31. The number of halogens is 4. The summed E-state index contributed by atoms with van der Waals surface area (Å²) in [6.45, 7) is 3.50. The van der Waals surface area contributed by atoms with Crippen molar-refractivity contribution >= 4 is 12.4 Å². The molecule has 1 fully saturated rings. The molecule has 0 unspecified atom stereocenters. The van der Waals surface area contributed by atoms with Crippen LogP contribution in [0.1, 0.15) is 35.4 Å². The maximum absolute atomic E-state index is 12.7. The largest absolute Gasteiger partial charge is 0.416 e. The Morgan fingerprint density at radius 3 is 2.28 bits per heavy atom. The van der Waals surface area contributed by atoms with Gasteiger partial charge < -0.3 is 5.32 Å². The van der Waals surface area contributed by atoms with Crippen LogP contribution in [0.3, 0.4) is 0 Å². The lowest BCUT2D eigenvalue weighted by atomic mass is 9.88. The van der Waals surface area contributed by atoms with E-state index in [0.29, 0.717) is 5.56 Å². The molecule has 0 radical (unpaired) electrons. The van der Waals surface area contributed by atoms with Crippen molar-refractivity contribution < 1.29 is 13.2 Å². The quantitative estimate of drug-likeness (QED) is 0.822. The van der Waals surface area contributed by atoms with E-state index < -0.39 is 11.7 Å². The molecule has 0 atom stereocenters. The number of hydrogen-bond acceptors (Lipinski definition) is 1. The molecule has 1 N–H and O–H groups in total. The summed E-state index contributed by atoms with van der Waals surface area (Å²) in [6.07, 6.45) is -2.41. The summed E-state index contributed by atoms with van der Waals surface area (Å²) in [5, 5.41) is 3.22. The fourth-order valence-corrected chi connectivity index (χ4v) is 2.37. The number of hydrogen-bond donors (Lipinski definition) is 1. The fourth-order valence-electron chi connectivity index (χ4n) is 2.37. The van der Waals surface area contributed by atoms with Gasteiger partial charge in [-0.15, -0.1) is 12.4 Å². The van der Waals surface area contributed by atoms with Crippen molar-refractivity contribution in [3.05, 3.63) is 34.9 Å². The highest BCUT2D eigenvalue weighted by molar-refractivity contribution is 5.85. The molecule has 0 bridgehead atoms. The smallest absolute Gasteiger partial charge is 0.317 e. The maximum atomic E-state index is 12.7. The standard InChI is InChI=1S/C13H16F3N.ClH/c1-9-6-11(10-2-4-17-5-3-10)8-12(7-9)13(14,15)16;/h6-8,10,17H,2-5H2,1H3;1H. The molecule has 1 nitrogen and oxygen atoms in total. The first-order valence-corrected chi connectivity index (χ1v) is 5.86. The lowest BCUT2D eigenvalue weighted by molar-refractivity contribution is -0.137. The molecule has 0 spiro atoms. The second kappa shape index (κ2) is 5.93. The van der Waals surface area contributed by atoms with Gasteiger partial charge >= 0.3 is 6.18 Å². The lowest BCUT2D eigenvalue weighted by Crippen LogP contribution is -2.26. The van der Waals surface area contributed by atoms with Crippen LogP contribution in [-0.4, -0.2) is 13.1 Å². The van der Waals surface area contributed by atoms with E-state index in [1.807, 2.05) is 6.07 Å². The highest BCUT2D eigenvalue weighted by atomic mass is 35.5. The molecule has 1 heterocycles. The third-order valence-corrected chi connectivity index (χ3v) is 3.24. The first-order chi connectivity index (χ1) is 7.97. The summed E-state index contributed by atoms with van der Waals surface area (Å²) in [5.74, 6) is 0.261. The molecule has 0 amide bonds. The van der Waals surface area contributed by atoms with Gasteiger partial charge in [-0.25, -0.2) is 0 Å². The van der Waals surface area contributed by atoms with Crippen LogP contribution in [0.4, 0.5) is 13.2 Å². The third kappa shape index (κ3) is 3.62. The predicted molar refractivity (Wildman–Crippen MR) is 68.3 cm³/mol. The van der Waals surface area contributed by atoms with Gasteiger partial charge in [-0.2, -0.15) is 13.2 Å². The highest BCUT2D eigenvalue weighted by Crippen LogP contribution is 2.34. The topological polar surface area (TPSA) is 12.0 Å². The first kappa shape index (κ1) is 15.3. The molecule has 2 rings (SSSR count). The van der Waals surface area contributed by atoms with Crippen molar-refractivity contribution in [3.63, 3.8) is 0 Å². The summed E-state index contributed by atoms with van der Waals surface area (Å²) >= 11 is 0. The maximum Gasteiger partial charge on any atom is 0.416 e. The predicted octanol–water partition coefficient (Wildman–Crippen LogP) is 3.90. The van der Waals surface area contributed by atoms with Gasteiger partial charge in [-0.1, -0.05) is 11.6 Å². The second-order valence-electron chi connectivity index (χ2n) is 4.65. The Balaban J connectivity index is 0.00000162. The molecule has 1 aromatic rings. The average Bonchev–Trinajstić information content (AvgIpc) is 2.28. The van der Waals surface area contributed by atoms with Crippen molar-refractivity contribution in [2.24, 2.45) is 0 Å². The Hall–Kier alpha value is -0.740. The molecule has 102 valence electrons. The van der Waals surface area contributed by atoms with E-state index in [1.54, 1.807) is 6.92 Å². The van der Waals surface area contributed by atoms with Crippen molar-refractivity contribution in [3.8, 4) is 0 Å². The van der Waals surface area contributed by atoms with Gasteiger partial charge in [0, 0.05) is 0 Å². The molecular weight excluding hydrogens is 263 g/mol. The van der Waals surface area contributed by atoms with Crippen molar-refractivity contribution in [2.75, 3.05) is 13.1 Å². The van der Waals surface area contributed by atoms with E-state index in [1.165, 1.54) is 12.1 Å². The number of alkyl halides is 3. The summed E-state index contributed by atoms with van der Waals surface area (Å²) in [6, 6.07) is 4.40. The SMILES string of the molecule is Cc1cc(C2CCNCC2)cc(C(F)(F)F)c1.Cl. The van der Waals surface area contributed by atoms with Crippen LogP contribution in [0.25, 0.3) is 0 Å². The minimum Gasteiger partial charge on any atom is -0.317 e. The Kier molecular flexibility index (Phi) is 5.05. The number of benzene rings is 1. The van der Waals surface area contributed by atoms with Crippen LogP contribution in [0.5, 0.6) is 0 Å². The van der Waals surface area contributed by atoms with E-state index in [0.717, 1.165) is 31.5 Å². The monoisotopic (exact) mass is 279 g/mol. The Morgan fingerprint density at radius 2 is 1.72 bits per heavy atom. The van der Waals surface area contributed by atoms with Gasteiger partial charge in [-0.05, 0) is 56.5 Å². The van der Waals surface area contributed by atoms with E-state index >= 15 is 0 Å². The molecule has 1 saturated heterocycles. The second-order valence-corrected chi connectivity index (χ2v) is 4.65. The van der Waals surface area contributed by atoms with Crippen LogP contribution in [0, 0.1) is 6.92 Å². The first-order valence-electron chi connectivity index (χ1n) is 5.86. The molecule has 5 heteroatoms. The fraction of sp³-hybridized carbons (Fsp3) is 0.538. The molecule has 1 aliphatic heterocycles. The van der Waals surface area contributed by atoms with Crippen LogP contribution < -0.4 is 5.32 Å². The molecule has 0 saturated carbocycles. The molecule has 0 aliphatic carbocycles. The van der Waals surface area contributed by atoms with E-state index in [-0.39, 0.29) is 18.3 Å². The zero-order valence-corrected chi connectivity index (χ0v) is 11.0. The Labute approximate surface area is 111 Å². The van der Waals surface area contributed by atoms with E-state index in [9.17, 15) is 13.2 Å². The zero-order valence-electron chi connectivity index (χ0n) is 10.2. The normalized spacial score (nSPS) is 17.3. The summed E-state index contributed by atoms with van der Waals surface area (Å²) in [4.78, 5) is 0. The molecule has 1 aliphatic rings. The van der Waals surface area contributed by atoms with Crippen LogP contribution in [0.15, 0.2) is 18.2 Å². The lowest BCUT2D eigenvalue weighted by Gasteiger charge is -2.24. The van der Waals surface area contributed by atoms with E-state index in [4.69, 9.17) is 0 Å². The van der Waals surface area contributed by atoms with Gasteiger partial charge in [0.15, 0.2) is 0 Å². The molecule has 1 aromatic carbocycles. The minimum atomic E-state index is -4.24. The molecule has 0 aromatic heterocycles. The third-order valence-electron chi connectivity index (χ3n) is 3.24. The summed E-state index contributed by atoms with van der Waals surface area (Å²) < 4.78 is 38.1. The Morgan fingerprint density at radius 1 is 1.11 bits per heavy atom. The van der Waals surface area contributed by atoms with Crippen molar-refractivity contribution in [2.45, 2.75) is 31.9 Å². The summed E-state index contributed by atoms with van der Waals surface area (Å²) in [7, 11) is 0. The number of piperidine rings is 1. The number of rotatable bonds is 1. The zero-order chi connectivity index (χ0) is 12.5. The Bertz CT molecular complexity index is 398.